The molecule has 2 aromatic rings. The Bertz CT molecular complexity index is 1070. The maximum Gasteiger partial charge on any atom is 0.522 e. The molecule has 35 heavy (non-hydrogen) atoms. The molecule has 0 unspecified atom stereocenters. The average Bonchev–Trinajstić information content (AvgIpc) is 3.19. The molecule has 0 aliphatic carbocycles. The first-order chi connectivity index (χ1) is 16.3. The quantitative estimate of drug-likeness (QED) is 0.552. The number of halogens is 6. The number of piperidine rings is 1. The highest BCUT2D eigenvalue weighted by Crippen LogP contribution is 2.40. The number of nitrogens with one attached hydrogen (secondary N) is 1. The summed E-state index contributed by atoms with van der Waals surface area (Å²) in [5.41, 5.74) is -1.12. The number of carbonyl (C=O) groups is 2. The van der Waals surface area contributed by atoms with Crippen molar-refractivity contribution in [3.05, 3.63) is 22.6 Å². The number of ether oxygens (including phenoxy) is 3. The van der Waals surface area contributed by atoms with Gasteiger partial charge in [0.25, 0.3) is 5.91 Å². The van der Waals surface area contributed by atoms with Crippen LogP contribution in [-0.4, -0.2) is 67.2 Å². The van der Waals surface area contributed by atoms with Crippen molar-refractivity contribution >= 4 is 33.6 Å². The minimum Gasteiger partial charge on any atom is -0.474 e. The SMILES string of the molecule is CNC(=O)c1csc2c(C(F)(F)F)cc(OC3CCN(C(=O)OC[C@@H](C)OC(F)(F)F)CC3)nc12. The van der Waals surface area contributed by atoms with Gasteiger partial charge in [0.05, 0.1) is 27.4 Å². The van der Waals surface area contributed by atoms with E-state index in [1.165, 1.54) is 17.3 Å². The van der Waals surface area contributed by atoms with Crippen LogP contribution in [0.1, 0.15) is 35.7 Å². The number of fused-ring (bicyclic) bond motifs is 1. The molecule has 0 aromatic carbocycles. The number of amides is 2. The van der Waals surface area contributed by atoms with Crippen molar-refractivity contribution < 1.29 is 50.1 Å². The zero-order chi connectivity index (χ0) is 26.0. The molecule has 1 fully saturated rings. The molecule has 1 atom stereocenters. The van der Waals surface area contributed by atoms with E-state index in [1.54, 1.807) is 0 Å². The fourth-order valence-electron chi connectivity index (χ4n) is 3.42. The molecule has 8 nitrogen and oxygen atoms in total. The first-order valence-electron chi connectivity index (χ1n) is 10.3. The summed E-state index contributed by atoms with van der Waals surface area (Å²) in [4.78, 5) is 29.5. The third-order valence-electron chi connectivity index (χ3n) is 5.04. The Morgan fingerprint density at radius 3 is 2.46 bits per heavy atom. The molecule has 1 aliphatic rings. The lowest BCUT2D eigenvalue weighted by atomic mass is 10.1. The Kier molecular flexibility index (Phi) is 7.99. The number of likely N-dealkylation sites (tertiary alicyclic amines) is 1. The van der Waals surface area contributed by atoms with Crippen molar-refractivity contribution in [2.45, 2.75) is 44.5 Å². The van der Waals surface area contributed by atoms with E-state index in [4.69, 9.17) is 9.47 Å². The van der Waals surface area contributed by atoms with Crippen LogP contribution in [0.25, 0.3) is 10.2 Å². The van der Waals surface area contributed by atoms with Crippen LogP contribution >= 0.6 is 11.3 Å². The molecule has 1 aliphatic heterocycles. The maximum atomic E-state index is 13.6. The van der Waals surface area contributed by atoms with Crippen LogP contribution in [0.2, 0.25) is 0 Å². The van der Waals surface area contributed by atoms with Gasteiger partial charge in [0.15, 0.2) is 0 Å². The smallest absolute Gasteiger partial charge is 0.474 e. The second kappa shape index (κ2) is 10.4. The minimum absolute atomic E-state index is 0.00949. The molecule has 1 N–H and O–H groups in total. The fourth-order valence-corrected chi connectivity index (χ4v) is 4.44. The van der Waals surface area contributed by atoms with Gasteiger partial charge in [-0.1, -0.05) is 0 Å². The molecule has 194 valence electrons. The van der Waals surface area contributed by atoms with Gasteiger partial charge < -0.3 is 19.7 Å². The first-order valence-corrected chi connectivity index (χ1v) is 11.2. The van der Waals surface area contributed by atoms with Crippen LogP contribution in [0.5, 0.6) is 5.88 Å². The van der Waals surface area contributed by atoms with Gasteiger partial charge in [-0.2, -0.15) is 13.2 Å². The average molecular weight is 529 g/mol. The summed E-state index contributed by atoms with van der Waals surface area (Å²) in [6.07, 6.45) is -11.9. The third kappa shape index (κ3) is 6.87. The van der Waals surface area contributed by atoms with Crippen LogP contribution in [0, 0.1) is 0 Å². The maximum absolute atomic E-state index is 13.6. The molecule has 3 rings (SSSR count). The number of hydrogen-bond acceptors (Lipinski definition) is 7. The van der Waals surface area contributed by atoms with Crippen LogP contribution in [-0.2, 0) is 15.7 Å². The van der Waals surface area contributed by atoms with E-state index < -0.39 is 48.9 Å². The summed E-state index contributed by atoms with van der Waals surface area (Å²) in [5.74, 6) is -0.900. The van der Waals surface area contributed by atoms with Gasteiger partial charge in [-0.15, -0.1) is 24.5 Å². The Labute approximate surface area is 199 Å². The van der Waals surface area contributed by atoms with Crippen molar-refractivity contribution in [2.24, 2.45) is 0 Å². The summed E-state index contributed by atoms with van der Waals surface area (Å²) >= 11 is 0.751. The van der Waals surface area contributed by atoms with Crippen LogP contribution < -0.4 is 10.1 Å². The lowest BCUT2D eigenvalue weighted by Gasteiger charge is -2.31. The van der Waals surface area contributed by atoms with Gasteiger partial charge >= 0.3 is 18.6 Å². The Morgan fingerprint density at radius 1 is 1.23 bits per heavy atom. The van der Waals surface area contributed by atoms with Crippen molar-refractivity contribution in [3.63, 3.8) is 0 Å². The van der Waals surface area contributed by atoms with Crippen LogP contribution in [0.3, 0.4) is 0 Å². The van der Waals surface area contributed by atoms with E-state index in [1.807, 2.05) is 0 Å². The molecular formula is C20H21F6N3O5S. The summed E-state index contributed by atoms with van der Waals surface area (Å²) < 4.78 is 91.4. The Morgan fingerprint density at radius 2 is 1.89 bits per heavy atom. The molecule has 2 aromatic heterocycles. The monoisotopic (exact) mass is 529 g/mol. The topological polar surface area (TPSA) is 90.0 Å². The molecule has 1 saturated heterocycles. The van der Waals surface area contributed by atoms with Crippen molar-refractivity contribution in [2.75, 3.05) is 26.7 Å². The standard InChI is InChI=1S/C20H21F6N3O5S/c1-10(34-20(24,25)26)8-32-18(31)29-5-3-11(4-6-29)33-14-7-13(19(21,22)23)16-15(28-14)12(9-35-16)17(30)27-2/h7,9-11H,3-6,8H2,1-2H3,(H,27,30)/t10-/m1/s1. The number of nitrogens with zero attached hydrogens (tertiary/aromatic N) is 2. The van der Waals surface area contributed by atoms with E-state index in [0.29, 0.717) is 0 Å². The van der Waals surface area contributed by atoms with Crippen molar-refractivity contribution in [3.8, 4) is 5.88 Å². The van der Waals surface area contributed by atoms with Gasteiger partial charge in [-0.3, -0.25) is 9.53 Å². The van der Waals surface area contributed by atoms with Crippen molar-refractivity contribution in [1.29, 1.82) is 0 Å². The summed E-state index contributed by atoms with van der Waals surface area (Å²) in [5, 5.41) is 3.65. The predicted octanol–water partition coefficient (Wildman–Crippen LogP) is 4.58. The number of rotatable bonds is 6. The van der Waals surface area contributed by atoms with Crippen molar-refractivity contribution in [1.82, 2.24) is 15.2 Å². The van der Waals surface area contributed by atoms with E-state index in [-0.39, 0.29) is 47.6 Å². The van der Waals surface area contributed by atoms with Gasteiger partial charge in [-0.05, 0) is 6.92 Å². The molecule has 0 bridgehead atoms. The van der Waals surface area contributed by atoms with Crippen LogP contribution in [0.4, 0.5) is 31.1 Å². The van der Waals surface area contributed by atoms with E-state index in [0.717, 1.165) is 24.3 Å². The number of aromatic nitrogens is 1. The number of carbonyl (C=O) groups excluding carboxylic acids is 2. The lowest BCUT2D eigenvalue weighted by molar-refractivity contribution is -0.342. The highest BCUT2D eigenvalue weighted by molar-refractivity contribution is 7.17. The number of thiophene rings is 1. The van der Waals surface area contributed by atoms with Crippen LogP contribution in [0.15, 0.2) is 11.4 Å². The molecule has 2 amide bonds. The second-order valence-electron chi connectivity index (χ2n) is 7.67. The highest BCUT2D eigenvalue weighted by atomic mass is 32.1. The highest BCUT2D eigenvalue weighted by Gasteiger charge is 2.36. The normalized spacial score (nSPS) is 16.3. The van der Waals surface area contributed by atoms with E-state index in [2.05, 4.69) is 15.0 Å². The number of hydrogen-bond donors (Lipinski definition) is 1. The minimum atomic E-state index is -4.85. The molecule has 0 radical (unpaired) electrons. The first kappa shape index (κ1) is 26.8. The zero-order valence-electron chi connectivity index (χ0n) is 18.5. The lowest BCUT2D eigenvalue weighted by Crippen LogP contribution is -2.42. The molecule has 3 heterocycles. The molecular weight excluding hydrogens is 508 g/mol. The molecule has 15 heteroatoms. The second-order valence-corrected chi connectivity index (χ2v) is 8.55. The third-order valence-corrected chi connectivity index (χ3v) is 6.04. The number of alkyl halides is 6. The summed E-state index contributed by atoms with van der Waals surface area (Å²) in [6, 6.07) is 0.773. The Balaban J connectivity index is 1.64. The fraction of sp³-hybridized carbons (Fsp3) is 0.550. The summed E-state index contributed by atoms with van der Waals surface area (Å²) in [6.45, 7) is 0.707. The predicted molar refractivity (Wildman–Crippen MR) is 111 cm³/mol. The van der Waals surface area contributed by atoms with E-state index >= 15 is 0 Å². The molecule has 0 saturated carbocycles. The zero-order valence-corrected chi connectivity index (χ0v) is 19.3. The number of pyridine rings is 1. The van der Waals surface area contributed by atoms with Gasteiger partial charge in [-0.25, -0.2) is 9.78 Å². The van der Waals surface area contributed by atoms with Gasteiger partial charge in [0.2, 0.25) is 5.88 Å². The Hall–Kier alpha value is -2.81. The summed E-state index contributed by atoms with van der Waals surface area (Å²) in [7, 11) is 1.35. The van der Waals surface area contributed by atoms with E-state index in [9.17, 15) is 35.9 Å². The van der Waals surface area contributed by atoms with Gasteiger partial charge in [0.1, 0.15) is 12.7 Å². The molecule has 0 spiro atoms. The van der Waals surface area contributed by atoms with Gasteiger partial charge in [0, 0.05) is 44.4 Å². The largest absolute Gasteiger partial charge is 0.522 e.